The van der Waals surface area contributed by atoms with Crippen LogP contribution in [-0.4, -0.2) is 14.8 Å². The molecule has 0 bridgehead atoms. The maximum Gasteiger partial charge on any atom is 0.143 e. The number of hydrogen-bond donors (Lipinski definition) is 0. The van der Waals surface area contributed by atoms with Crippen LogP contribution in [0.15, 0.2) is 29.2 Å². The summed E-state index contributed by atoms with van der Waals surface area (Å²) in [5, 5.41) is 8.74. The molecule has 0 aliphatic carbocycles. The lowest BCUT2D eigenvalue weighted by Gasteiger charge is -2.30. The van der Waals surface area contributed by atoms with E-state index in [-0.39, 0.29) is 0 Å². The van der Waals surface area contributed by atoms with E-state index in [9.17, 15) is 0 Å². The highest BCUT2D eigenvalue weighted by atomic mass is 32.2. The van der Waals surface area contributed by atoms with Gasteiger partial charge in [0.05, 0.1) is 5.75 Å². The Balaban J connectivity index is 1.73. The molecule has 0 unspecified atom stereocenters. The van der Waals surface area contributed by atoms with Gasteiger partial charge in [0.25, 0.3) is 0 Å². The Morgan fingerprint density at radius 1 is 1.20 bits per heavy atom. The summed E-state index contributed by atoms with van der Waals surface area (Å²) in [5.41, 5.74) is 1.66. The van der Waals surface area contributed by atoms with Crippen LogP contribution in [0.4, 0.5) is 0 Å². The molecule has 3 rings (SSSR count). The van der Waals surface area contributed by atoms with Crippen molar-refractivity contribution in [2.24, 2.45) is 5.41 Å². The van der Waals surface area contributed by atoms with E-state index in [0.717, 1.165) is 30.4 Å². The minimum absolute atomic E-state index is 0.360. The molecule has 20 heavy (non-hydrogen) atoms. The standard InChI is InChI=1S/C16H21N3S/c1-12-4-6-13(7-5-12)20-10-15-18-17-14-8-9-16(2,3)11-19(14)15/h4-7H,8-11H2,1-3H3. The molecular formula is C16H21N3S. The van der Waals surface area contributed by atoms with Crippen molar-refractivity contribution < 1.29 is 0 Å². The lowest BCUT2D eigenvalue weighted by molar-refractivity contribution is 0.244. The van der Waals surface area contributed by atoms with Crippen molar-refractivity contribution in [2.45, 2.75) is 50.8 Å². The molecule has 1 aromatic carbocycles. The van der Waals surface area contributed by atoms with Crippen molar-refractivity contribution >= 4 is 11.8 Å². The number of thioether (sulfide) groups is 1. The molecule has 0 fully saturated rings. The monoisotopic (exact) mass is 287 g/mol. The zero-order valence-corrected chi connectivity index (χ0v) is 13.2. The zero-order chi connectivity index (χ0) is 14.2. The second kappa shape index (κ2) is 5.24. The average molecular weight is 287 g/mol. The molecule has 0 saturated heterocycles. The minimum Gasteiger partial charge on any atom is -0.314 e. The average Bonchev–Trinajstić information content (AvgIpc) is 2.79. The maximum atomic E-state index is 4.39. The summed E-state index contributed by atoms with van der Waals surface area (Å²) in [6, 6.07) is 8.67. The molecular weight excluding hydrogens is 266 g/mol. The summed E-state index contributed by atoms with van der Waals surface area (Å²) in [6.45, 7) is 7.81. The quantitative estimate of drug-likeness (QED) is 0.803. The molecule has 2 aromatic rings. The number of aromatic nitrogens is 3. The molecule has 0 spiro atoms. The third-order valence-corrected chi connectivity index (χ3v) is 4.91. The molecule has 4 heteroatoms. The Morgan fingerprint density at radius 3 is 2.70 bits per heavy atom. The van der Waals surface area contributed by atoms with Crippen molar-refractivity contribution in [2.75, 3.05) is 0 Å². The SMILES string of the molecule is Cc1ccc(SCc2nnc3n2CC(C)(C)CC3)cc1. The van der Waals surface area contributed by atoms with Gasteiger partial charge in [-0.05, 0) is 30.9 Å². The number of aryl methyl sites for hydroxylation is 2. The van der Waals surface area contributed by atoms with Crippen LogP contribution in [0, 0.1) is 12.3 Å². The summed E-state index contributed by atoms with van der Waals surface area (Å²) in [5.74, 6) is 3.16. The van der Waals surface area contributed by atoms with Crippen molar-refractivity contribution in [1.29, 1.82) is 0 Å². The Bertz CT molecular complexity index is 599. The molecule has 1 aliphatic rings. The molecule has 0 radical (unpaired) electrons. The minimum atomic E-state index is 0.360. The number of nitrogens with zero attached hydrogens (tertiary/aromatic N) is 3. The summed E-state index contributed by atoms with van der Waals surface area (Å²) < 4.78 is 2.32. The molecule has 0 atom stereocenters. The predicted octanol–water partition coefficient (Wildman–Crippen LogP) is 3.85. The lowest BCUT2D eigenvalue weighted by atomic mass is 9.85. The van der Waals surface area contributed by atoms with Gasteiger partial charge in [0, 0.05) is 17.9 Å². The number of fused-ring (bicyclic) bond motifs is 1. The van der Waals surface area contributed by atoms with E-state index in [1.807, 2.05) is 11.8 Å². The molecule has 106 valence electrons. The lowest BCUT2D eigenvalue weighted by Crippen LogP contribution is -2.28. The van der Waals surface area contributed by atoms with Crippen molar-refractivity contribution in [3.63, 3.8) is 0 Å². The fourth-order valence-corrected chi connectivity index (χ4v) is 3.42. The smallest absolute Gasteiger partial charge is 0.143 e. The molecule has 0 amide bonds. The van der Waals surface area contributed by atoms with Gasteiger partial charge in [0.15, 0.2) is 0 Å². The van der Waals surface area contributed by atoms with Crippen molar-refractivity contribution in [3.05, 3.63) is 41.5 Å². The van der Waals surface area contributed by atoms with E-state index in [2.05, 4.69) is 59.8 Å². The second-order valence-electron chi connectivity index (χ2n) is 6.38. The normalized spacial score (nSPS) is 16.9. The summed E-state index contributed by atoms with van der Waals surface area (Å²) >= 11 is 1.84. The van der Waals surface area contributed by atoms with Crippen LogP contribution in [-0.2, 0) is 18.7 Å². The third kappa shape index (κ3) is 2.90. The molecule has 3 nitrogen and oxygen atoms in total. The maximum absolute atomic E-state index is 4.39. The van der Waals surface area contributed by atoms with Crippen molar-refractivity contribution in [1.82, 2.24) is 14.8 Å². The van der Waals surface area contributed by atoms with Gasteiger partial charge in [-0.1, -0.05) is 31.5 Å². The van der Waals surface area contributed by atoms with E-state index in [1.165, 1.54) is 16.9 Å². The topological polar surface area (TPSA) is 30.7 Å². The van der Waals surface area contributed by atoms with Crippen LogP contribution in [0.1, 0.15) is 37.5 Å². The third-order valence-electron chi connectivity index (χ3n) is 3.90. The summed E-state index contributed by atoms with van der Waals surface area (Å²) in [4.78, 5) is 1.29. The van der Waals surface area contributed by atoms with Gasteiger partial charge < -0.3 is 4.57 Å². The van der Waals surface area contributed by atoms with Crippen LogP contribution in [0.5, 0.6) is 0 Å². The van der Waals surface area contributed by atoms with Crippen LogP contribution < -0.4 is 0 Å². The molecule has 1 aliphatic heterocycles. The molecule has 0 N–H and O–H groups in total. The largest absolute Gasteiger partial charge is 0.314 e. The summed E-state index contributed by atoms with van der Waals surface area (Å²) in [7, 11) is 0. The molecule has 1 aromatic heterocycles. The highest BCUT2D eigenvalue weighted by molar-refractivity contribution is 7.98. The van der Waals surface area contributed by atoms with Gasteiger partial charge in [-0.3, -0.25) is 0 Å². The molecule has 2 heterocycles. The Labute approximate surface area is 124 Å². The van der Waals surface area contributed by atoms with Gasteiger partial charge in [0.2, 0.25) is 0 Å². The first-order chi connectivity index (χ1) is 9.53. The van der Waals surface area contributed by atoms with Gasteiger partial charge in [-0.2, -0.15) is 0 Å². The van der Waals surface area contributed by atoms with Crippen LogP contribution in [0.25, 0.3) is 0 Å². The number of rotatable bonds is 3. The van der Waals surface area contributed by atoms with E-state index >= 15 is 0 Å². The van der Waals surface area contributed by atoms with Crippen molar-refractivity contribution in [3.8, 4) is 0 Å². The van der Waals surface area contributed by atoms with Crippen LogP contribution in [0.2, 0.25) is 0 Å². The number of hydrogen-bond acceptors (Lipinski definition) is 3. The zero-order valence-electron chi connectivity index (χ0n) is 12.4. The first kappa shape index (κ1) is 13.7. The molecule has 0 saturated carbocycles. The van der Waals surface area contributed by atoms with Gasteiger partial charge >= 0.3 is 0 Å². The number of benzene rings is 1. The predicted molar refractivity (Wildman–Crippen MR) is 82.9 cm³/mol. The Hall–Kier alpha value is -1.29. The summed E-state index contributed by atoms with van der Waals surface area (Å²) in [6.07, 6.45) is 2.26. The van der Waals surface area contributed by atoms with Gasteiger partial charge in [-0.25, -0.2) is 0 Å². The van der Waals surface area contributed by atoms with Gasteiger partial charge in [0.1, 0.15) is 11.6 Å². The fraction of sp³-hybridized carbons (Fsp3) is 0.500. The van der Waals surface area contributed by atoms with Crippen LogP contribution >= 0.6 is 11.8 Å². The highest BCUT2D eigenvalue weighted by Gasteiger charge is 2.28. The second-order valence-corrected chi connectivity index (χ2v) is 7.43. The van der Waals surface area contributed by atoms with Crippen LogP contribution in [0.3, 0.4) is 0 Å². The Kier molecular flexibility index (Phi) is 3.59. The van der Waals surface area contributed by atoms with E-state index in [1.54, 1.807) is 0 Å². The van der Waals surface area contributed by atoms with E-state index in [4.69, 9.17) is 0 Å². The first-order valence-electron chi connectivity index (χ1n) is 7.14. The fourth-order valence-electron chi connectivity index (χ4n) is 2.59. The van der Waals surface area contributed by atoms with E-state index < -0.39 is 0 Å². The highest BCUT2D eigenvalue weighted by Crippen LogP contribution is 2.32. The first-order valence-corrected chi connectivity index (χ1v) is 8.12. The van der Waals surface area contributed by atoms with E-state index in [0.29, 0.717) is 5.41 Å². The Morgan fingerprint density at radius 2 is 1.95 bits per heavy atom. The van der Waals surface area contributed by atoms with Gasteiger partial charge in [-0.15, -0.1) is 22.0 Å².